The third-order valence-electron chi connectivity index (χ3n) is 4.45. The van der Waals surface area contributed by atoms with Gasteiger partial charge >= 0.3 is 0 Å². The highest BCUT2D eigenvalue weighted by molar-refractivity contribution is 8.01. The van der Waals surface area contributed by atoms with Crippen LogP contribution in [0.4, 0.5) is 5.69 Å². The van der Waals surface area contributed by atoms with Crippen LogP contribution in [-0.4, -0.2) is 33.2 Å². The number of nitrogens with zero attached hydrogens (tertiary/aromatic N) is 1. The molecular formula is C17H16Cl2N2O5S2. The molecule has 1 aliphatic heterocycles. The number of benzene rings is 1. The summed E-state index contributed by atoms with van der Waals surface area (Å²) in [5, 5.41) is 10.5. The van der Waals surface area contributed by atoms with Crippen LogP contribution in [0.25, 0.3) is 10.7 Å². The van der Waals surface area contributed by atoms with Crippen LogP contribution in [-0.2, 0) is 24.6 Å². The molecule has 0 saturated carbocycles. The van der Waals surface area contributed by atoms with Gasteiger partial charge in [0.15, 0.2) is 15.6 Å². The van der Waals surface area contributed by atoms with E-state index in [0.29, 0.717) is 5.56 Å². The van der Waals surface area contributed by atoms with E-state index in [-0.39, 0.29) is 27.0 Å². The summed E-state index contributed by atoms with van der Waals surface area (Å²) in [7, 11) is -7.87. The summed E-state index contributed by atoms with van der Waals surface area (Å²) in [5.74, 6) is -0.602. The minimum absolute atomic E-state index is 0.0654. The number of pyridine rings is 1. The average molecular weight is 463 g/mol. The molecular weight excluding hydrogens is 447 g/mol. The summed E-state index contributed by atoms with van der Waals surface area (Å²) >= 11 is 12.6. The van der Waals surface area contributed by atoms with Gasteiger partial charge in [-0.2, -0.15) is 0 Å². The van der Waals surface area contributed by atoms with E-state index in [2.05, 4.69) is 9.71 Å². The van der Waals surface area contributed by atoms with Crippen LogP contribution in [0.3, 0.4) is 0 Å². The Labute approximate surface area is 173 Å². The summed E-state index contributed by atoms with van der Waals surface area (Å²) in [4.78, 5) is 3.60. The number of fused-ring (bicyclic) bond motifs is 1. The van der Waals surface area contributed by atoms with E-state index in [0.717, 1.165) is 6.26 Å². The molecule has 2 heterocycles. The second-order valence-corrected chi connectivity index (χ2v) is 11.7. The minimum Gasteiger partial charge on any atom is -0.504 e. The smallest absolute Gasteiger partial charge is 0.229 e. The molecule has 0 saturated heterocycles. The fourth-order valence-corrected chi connectivity index (χ4v) is 6.15. The SMILES string of the molecule is CC1(C)c2cccnc2C(O)=C(c2c(Cl)ccc(NS(C)(=O)=O)c2Cl)S1(=O)=O. The Morgan fingerprint density at radius 2 is 1.82 bits per heavy atom. The van der Waals surface area contributed by atoms with Gasteiger partial charge in [0.25, 0.3) is 0 Å². The lowest BCUT2D eigenvalue weighted by atomic mass is 9.98. The summed E-state index contributed by atoms with van der Waals surface area (Å²) in [5.41, 5.74) is 0.155. The van der Waals surface area contributed by atoms with Gasteiger partial charge in [-0.05, 0) is 32.0 Å². The molecule has 2 aromatic rings. The van der Waals surface area contributed by atoms with Crippen molar-refractivity contribution < 1.29 is 21.9 Å². The fraction of sp³-hybridized carbons (Fsp3) is 0.235. The number of aliphatic hydroxyl groups excluding tert-OH is 1. The van der Waals surface area contributed by atoms with Gasteiger partial charge in [-0.15, -0.1) is 0 Å². The highest BCUT2D eigenvalue weighted by Crippen LogP contribution is 2.51. The summed E-state index contributed by atoms with van der Waals surface area (Å²) in [6.07, 6.45) is 2.35. The number of aliphatic hydroxyl groups is 1. The Hall–Kier alpha value is -1.81. The van der Waals surface area contributed by atoms with E-state index in [9.17, 15) is 21.9 Å². The van der Waals surface area contributed by atoms with Crippen LogP contribution in [0.5, 0.6) is 0 Å². The van der Waals surface area contributed by atoms with E-state index in [1.807, 2.05) is 0 Å². The number of hydrogen-bond donors (Lipinski definition) is 2. The number of halogens is 2. The van der Waals surface area contributed by atoms with Crippen LogP contribution in [0, 0.1) is 0 Å². The zero-order valence-electron chi connectivity index (χ0n) is 15.0. The van der Waals surface area contributed by atoms with Crippen molar-refractivity contribution in [2.45, 2.75) is 18.6 Å². The van der Waals surface area contributed by atoms with Crippen molar-refractivity contribution in [2.24, 2.45) is 0 Å². The van der Waals surface area contributed by atoms with E-state index in [1.54, 1.807) is 12.1 Å². The maximum atomic E-state index is 13.4. The number of aromatic nitrogens is 1. The van der Waals surface area contributed by atoms with Crippen LogP contribution >= 0.6 is 23.2 Å². The maximum Gasteiger partial charge on any atom is 0.229 e. The molecule has 0 aliphatic carbocycles. The van der Waals surface area contributed by atoms with E-state index < -0.39 is 35.3 Å². The van der Waals surface area contributed by atoms with Crippen LogP contribution in [0.15, 0.2) is 30.5 Å². The molecule has 1 aromatic carbocycles. The number of rotatable bonds is 3. The number of hydrogen-bond acceptors (Lipinski definition) is 6. The molecule has 11 heteroatoms. The van der Waals surface area contributed by atoms with E-state index >= 15 is 0 Å². The van der Waals surface area contributed by atoms with E-state index in [4.69, 9.17) is 23.2 Å². The highest BCUT2D eigenvalue weighted by Gasteiger charge is 2.48. The van der Waals surface area contributed by atoms with Crippen molar-refractivity contribution >= 4 is 59.4 Å². The number of anilines is 1. The minimum atomic E-state index is -4.18. The lowest BCUT2D eigenvalue weighted by molar-refractivity contribution is 0.501. The molecule has 0 unspecified atom stereocenters. The van der Waals surface area contributed by atoms with Crippen molar-refractivity contribution in [2.75, 3.05) is 11.0 Å². The quantitative estimate of drug-likeness (QED) is 0.716. The molecule has 1 aliphatic rings. The summed E-state index contributed by atoms with van der Waals surface area (Å²) in [6, 6.07) is 5.75. The van der Waals surface area contributed by atoms with Gasteiger partial charge in [0.1, 0.15) is 10.6 Å². The zero-order chi connectivity index (χ0) is 21.1. The molecule has 0 radical (unpaired) electrons. The lowest BCUT2D eigenvalue weighted by Crippen LogP contribution is -2.35. The molecule has 150 valence electrons. The predicted molar refractivity (Wildman–Crippen MR) is 111 cm³/mol. The first-order valence-corrected chi connectivity index (χ1v) is 12.0. The Morgan fingerprint density at radius 1 is 1.18 bits per heavy atom. The third-order valence-corrected chi connectivity index (χ3v) is 8.25. The predicted octanol–water partition coefficient (Wildman–Crippen LogP) is 3.81. The molecule has 0 spiro atoms. The van der Waals surface area contributed by atoms with Gasteiger partial charge in [0.2, 0.25) is 10.0 Å². The monoisotopic (exact) mass is 462 g/mol. The second-order valence-electron chi connectivity index (χ2n) is 6.75. The first kappa shape index (κ1) is 20.9. The molecule has 0 atom stereocenters. The van der Waals surface area contributed by atoms with Crippen molar-refractivity contribution in [3.63, 3.8) is 0 Å². The Balaban J connectivity index is 2.43. The second kappa shape index (κ2) is 6.62. The van der Waals surface area contributed by atoms with Gasteiger partial charge in [-0.3, -0.25) is 9.71 Å². The summed E-state index contributed by atoms with van der Waals surface area (Å²) < 4.78 is 50.8. The van der Waals surface area contributed by atoms with Gasteiger partial charge in [-0.25, -0.2) is 16.8 Å². The standard InChI is InChI=1S/C17H16Cl2N2O5S2/c1-17(2)9-5-4-8-20-14(9)15(22)16(28(17,25)26)12-10(18)6-7-11(13(12)19)21-27(3,23)24/h4-8,21-22H,1-3H3. The first-order valence-electron chi connectivity index (χ1n) is 7.89. The normalized spacial score (nSPS) is 17.9. The Morgan fingerprint density at radius 3 is 2.43 bits per heavy atom. The average Bonchev–Trinajstić information content (AvgIpc) is 2.58. The first-order chi connectivity index (χ1) is 12.8. The number of sulfone groups is 1. The Kier molecular flexibility index (Phi) is 4.94. The molecule has 0 bridgehead atoms. The van der Waals surface area contributed by atoms with Crippen LogP contribution < -0.4 is 4.72 Å². The third kappa shape index (κ3) is 3.16. The molecule has 3 rings (SSSR count). The van der Waals surface area contributed by atoms with Gasteiger partial charge in [-0.1, -0.05) is 29.3 Å². The topological polar surface area (TPSA) is 113 Å². The molecule has 0 amide bonds. The van der Waals surface area contributed by atoms with Crippen LogP contribution in [0.1, 0.15) is 30.7 Å². The molecule has 2 N–H and O–H groups in total. The molecule has 7 nitrogen and oxygen atoms in total. The number of nitrogens with one attached hydrogen (secondary N) is 1. The molecule has 0 fully saturated rings. The largest absolute Gasteiger partial charge is 0.504 e. The van der Waals surface area contributed by atoms with E-state index in [1.165, 1.54) is 32.2 Å². The molecule has 28 heavy (non-hydrogen) atoms. The fourth-order valence-electron chi connectivity index (χ4n) is 3.01. The van der Waals surface area contributed by atoms with Gasteiger partial charge in [0, 0.05) is 17.3 Å². The van der Waals surface area contributed by atoms with Crippen molar-refractivity contribution in [3.05, 3.63) is 57.3 Å². The zero-order valence-corrected chi connectivity index (χ0v) is 18.1. The van der Waals surface area contributed by atoms with Crippen molar-refractivity contribution in [1.82, 2.24) is 4.98 Å². The summed E-state index contributed by atoms with van der Waals surface area (Å²) in [6.45, 7) is 2.96. The highest BCUT2D eigenvalue weighted by atomic mass is 35.5. The molecule has 1 aromatic heterocycles. The lowest BCUT2D eigenvalue weighted by Gasteiger charge is -2.33. The van der Waals surface area contributed by atoms with Gasteiger partial charge < -0.3 is 5.11 Å². The van der Waals surface area contributed by atoms with Crippen LogP contribution in [0.2, 0.25) is 10.0 Å². The van der Waals surface area contributed by atoms with Crippen molar-refractivity contribution in [3.8, 4) is 0 Å². The number of sulfonamides is 1. The maximum absolute atomic E-state index is 13.4. The Bertz CT molecular complexity index is 1240. The van der Waals surface area contributed by atoms with Gasteiger partial charge in [0.05, 0.1) is 26.7 Å². The van der Waals surface area contributed by atoms with Crippen molar-refractivity contribution in [1.29, 1.82) is 0 Å².